The molecule has 0 aliphatic rings. The summed E-state index contributed by atoms with van der Waals surface area (Å²) in [6.45, 7) is 3.54. The van der Waals surface area contributed by atoms with Crippen LogP contribution in [0.25, 0.3) is 10.2 Å². The summed E-state index contributed by atoms with van der Waals surface area (Å²) in [5.41, 5.74) is 1.62. The number of ketones is 1. The van der Waals surface area contributed by atoms with E-state index >= 15 is 0 Å². The first kappa shape index (κ1) is 20.1. The Hall–Kier alpha value is -1.67. The van der Waals surface area contributed by atoms with Gasteiger partial charge >= 0.3 is 0 Å². The number of carbonyl (C=O) groups is 1. The number of methoxy groups -OCH3 is 1. The number of carbonyl (C=O) groups excluding carboxylic acids is 1. The summed E-state index contributed by atoms with van der Waals surface area (Å²) in [6.07, 6.45) is 2.48. The summed E-state index contributed by atoms with van der Waals surface area (Å²) < 4.78 is 21.4. The van der Waals surface area contributed by atoms with E-state index in [1.54, 1.807) is 31.6 Å². The number of nitrogens with zero attached hydrogens (tertiary/aromatic N) is 1. The summed E-state index contributed by atoms with van der Waals surface area (Å²) in [6, 6.07) is 9.09. The van der Waals surface area contributed by atoms with Gasteiger partial charge in [0.1, 0.15) is 10.6 Å². The van der Waals surface area contributed by atoms with Gasteiger partial charge in [0.2, 0.25) is 5.78 Å². The molecule has 0 bridgehead atoms. The number of thiophene rings is 1. The van der Waals surface area contributed by atoms with Gasteiger partial charge < -0.3 is 9.30 Å². The molecule has 0 radical (unpaired) electrons. The Morgan fingerprint density at radius 1 is 1.33 bits per heavy atom. The molecule has 5 nitrogen and oxygen atoms in total. The predicted molar refractivity (Wildman–Crippen MR) is 113 cm³/mol. The van der Waals surface area contributed by atoms with E-state index in [0.29, 0.717) is 27.8 Å². The first-order chi connectivity index (χ1) is 12.9. The number of hydrogen-bond acceptors (Lipinski definition) is 4. The molecule has 1 N–H and O–H groups in total. The zero-order valence-corrected chi connectivity index (χ0v) is 17.8. The fraction of sp³-hybridized carbons (Fsp3) is 0.316. The van der Waals surface area contributed by atoms with E-state index in [2.05, 4.69) is 22.3 Å². The SMILES string of the molecule is COc1ccc(C(=O)c2cc3cc(C)n(CCCNS(C)=O)c3s2)c(Cl)c1. The molecule has 3 aromatic rings. The molecule has 1 unspecified atom stereocenters. The number of ether oxygens (including phenoxy) is 1. The van der Waals surface area contributed by atoms with E-state index in [1.165, 1.54) is 11.3 Å². The number of hydrogen-bond donors (Lipinski definition) is 1. The lowest BCUT2D eigenvalue weighted by Gasteiger charge is -2.07. The first-order valence-electron chi connectivity index (χ1n) is 8.45. The number of rotatable bonds is 8. The zero-order chi connectivity index (χ0) is 19.6. The topological polar surface area (TPSA) is 60.3 Å². The summed E-state index contributed by atoms with van der Waals surface area (Å²) in [7, 11) is 0.566. The standard InChI is InChI=1S/C19H21ClN2O3S2/c1-12-9-13-10-17(18(23)15-6-5-14(25-2)11-16(15)20)26-19(13)22(12)8-4-7-21-27(3)24/h5-6,9-11,21H,4,7-8H2,1-3H3. The summed E-state index contributed by atoms with van der Waals surface area (Å²) >= 11 is 7.73. The van der Waals surface area contributed by atoms with Crippen molar-refractivity contribution in [3.63, 3.8) is 0 Å². The van der Waals surface area contributed by atoms with Crippen LogP contribution in [-0.4, -0.2) is 34.5 Å². The van der Waals surface area contributed by atoms with Crippen LogP contribution in [0.1, 0.15) is 27.3 Å². The minimum atomic E-state index is -0.997. The molecule has 1 aromatic carbocycles. The quantitative estimate of drug-likeness (QED) is 0.436. The van der Waals surface area contributed by atoms with Gasteiger partial charge in [-0.1, -0.05) is 11.6 Å². The van der Waals surface area contributed by atoms with E-state index in [0.717, 1.165) is 28.9 Å². The van der Waals surface area contributed by atoms with Crippen molar-refractivity contribution >= 4 is 49.9 Å². The number of fused-ring (bicyclic) bond motifs is 1. The number of benzene rings is 1. The highest BCUT2D eigenvalue weighted by molar-refractivity contribution is 7.82. The third-order valence-electron chi connectivity index (χ3n) is 4.28. The fourth-order valence-electron chi connectivity index (χ4n) is 2.96. The minimum Gasteiger partial charge on any atom is -0.497 e. The van der Waals surface area contributed by atoms with Gasteiger partial charge in [0, 0.05) is 36.0 Å². The van der Waals surface area contributed by atoms with Crippen molar-refractivity contribution in [1.29, 1.82) is 0 Å². The van der Waals surface area contributed by atoms with E-state index < -0.39 is 11.0 Å². The molecule has 2 heterocycles. The lowest BCUT2D eigenvalue weighted by atomic mass is 10.1. The number of aryl methyl sites for hydroxylation is 2. The van der Waals surface area contributed by atoms with Crippen LogP contribution in [0.5, 0.6) is 5.75 Å². The third kappa shape index (κ3) is 4.43. The second-order valence-electron chi connectivity index (χ2n) is 6.19. The highest BCUT2D eigenvalue weighted by Crippen LogP contribution is 2.32. The number of aromatic nitrogens is 1. The van der Waals surface area contributed by atoms with Crippen molar-refractivity contribution in [2.75, 3.05) is 19.9 Å². The smallest absolute Gasteiger partial charge is 0.204 e. The zero-order valence-electron chi connectivity index (χ0n) is 15.4. The van der Waals surface area contributed by atoms with E-state index in [-0.39, 0.29) is 5.78 Å². The van der Waals surface area contributed by atoms with E-state index in [9.17, 15) is 9.00 Å². The second kappa shape index (κ2) is 8.56. The van der Waals surface area contributed by atoms with Crippen molar-refractivity contribution in [2.24, 2.45) is 0 Å². The van der Waals surface area contributed by atoms with Gasteiger partial charge in [-0.25, -0.2) is 8.93 Å². The van der Waals surface area contributed by atoms with Gasteiger partial charge in [0.05, 0.1) is 28.0 Å². The maximum Gasteiger partial charge on any atom is 0.204 e. The molecule has 144 valence electrons. The Kier molecular flexibility index (Phi) is 6.37. The highest BCUT2D eigenvalue weighted by Gasteiger charge is 2.18. The Balaban J connectivity index is 1.84. The van der Waals surface area contributed by atoms with Crippen LogP contribution in [0, 0.1) is 6.92 Å². The molecule has 8 heteroatoms. The molecule has 0 aliphatic heterocycles. The Bertz CT molecular complexity index is 1010. The average Bonchev–Trinajstić information content (AvgIpc) is 3.15. The van der Waals surface area contributed by atoms with Gasteiger partial charge in [-0.3, -0.25) is 4.79 Å². The normalized spacial score (nSPS) is 12.4. The Labute approximate surface area is 169 Å². The van der Waals surface area contributed by atoms with Crippen LogP contribution in [0.15, 0.2) is 30.3 Å². The Morgan fingerprint density at radius 3 is 2.78 bits per heavy atom. The van der Waals surface area contributed by atoms with Crippen molar-refractivity contribution in [3.05, 3.63) is 51.5 Å². The van der Waals surface area contributed by atoms with Crippen molar-refractivity contribution < 1.29 is 13.7 Å². The molecule has 1 atom stereocenters. The van der Waals surface area contributed by atoms with Crippen LogP contribution in [0.2, 0.25) is 5.02 Å². The molecule has 0 aliphatic carbocycles. The van der Waals surface area contributed by atoms with E-state index in [4.69, 9.17) is 16.3 Å². The Morgan fingerprint density at radius 2 is 2.11 bits per heavy atom. The molecule has 0 fully saturated rings. The number of halogens is 1. The largest absolute Gasteiger partial charge is 0.497 e. The van der Waals surface area contributed by atoms with Crippen molar-refractivity contribution in [2.45, 2.75) is 19.9 Å². The monoisotopic (exact) mass is 424 g/mol. The van der Waals surface area contributed by atoms with Crippen LogP contribution in [0.3, 0.4) is 0 Å². The maximum absolute atomic E-state index is 12.9. The molecular formula is C19H21ClN2O3S2. The van der Waals surface area contributed by atoms with Crippen molar-refractivity contribution in [1.82, 2.24) is 9.29 Å². The van der Waals surface area contributed by atoms with Crippen LogP contribution < -0.4 is 9.46 Å². The van der Waals surface area contributed by atoms with Crippen LogP contribution in [-0.2, 0) is 17.5 Å². The second-order valence-corrected chi connectivity index (χ2v) is 8.82. The minimum absolute atomic E-state index is 0.0869. The molecule has 0 saturated heterocycles. The lowest BCUT2D eigenvalue weighted by molar-refractivity contribution is 0.104. The molecule has 27 heavy (non-hydrogen) atoms. The van der Waals surface area contributed by atoms with E-state index in [1.807, 2.05) is 6.07 Å². The van der Waals surface area contributed by atoms with Crippen molar-refractivity contribution in [3.8, 4) is 5.75 Å². The molecule has 2 aromatic heterocycles. The lowest BCUT2D eigenvalue weighted by Crippen LogP contribution is -2.18. The molecule has 3 rings (SSSR count). The van der Waals surface area contributed by atoms with Gasteiger partial charge in [0.15, 0.2) is 0 Å². The van der Waals surface area contributed by atoms with Gasteiger partial charge in [-0.2, -0.15) is 0 Å². The van der Waals surface area contributed by atoms with Gasteiger partial charge in [-0.05, 0) is 43.7 Å². The summed E-state index contributed by atoms with van der Waals surface area (Å²) in [5.74, 6) is 0.535. The highest BCUT2D eigenvalue weighted by atomic mass is 35.5. The third-order valence-corrected chi connectivity index (χ3v) is 6.38. The first-order valence-corrected chi connectivity index (χ1v) is 11.2. The van der Waals surface area contributed by atoms with Crippen LogP contribution >= 0.6 is 22.9 Å². The fourth-order valence-corrected chi connectivity index (χ4v) is 4.82. The number of nitrogens with one attached hydrogen (secondary N) is 1. The average molecular weight is 425 g/mol. The van der Waals surface area contributed by atoms with Gasteiger partial charge in [-0.15, -0.1) is 11.3 Å². The summed E-state index contributed by atoms with van der Waals surface area (Å²) in [4.78, 5) is 14.6. The maximum atomic E-state index is 12.9. The van der Waals surface area contributed by atoms with Gasteiger partial charge in [0.25, 0.3) is 0 Å². The van der Waals surface area contributed by atoms with Crippen LogP contribution in [0.4, 0.5) is 0 Å². The molecule has 0 saturated carbocycles. The molecular weight excluding hydrogens is 404 g/mol. The predicted octanol–water partition coefficient (Wildman–Crippen LogP) is 4.18. The summed E-state index contributed by atoms with van der Waals surface area (Å²) in [5, 5.41) is 1.44. The molecule has 0 spiro atoms. The molecule has 0 amide bonds.